The fraction of sp³-hybridized carbons (Fsp3) is 0.375. The molecule has 76 valence electrons. The van der Waals surface area contributed by atoms with Crippen molar-refractivity contribution in [3.8, 4) is 0 Å². The van der Waals surface area contributed by atoms with E-state index in [4.69, 9.17) is 5.11 Å². The zero-order valence-corrected chi connectivity index (χ0v) is 7.73. The Balaban J connectivity index is 2.56. The predicted molar refractivity (Wildman–Crippen MR) is 50.2 cm³/mol. The van der Waals surface area contributed by atoms with E-state index in [2.05, 4.69) is 10.3 Å². The van der Waals surface area contributed by atoms with Crippen molar-refractivity contribution in [1.29, 1.82) is 0 Å². The van der Waals surface area contributed by atoms with Gasteiger partial charge in [0.15, 0.2) is 0 Å². The van der Waals surface area contributed by atoms with Crippen molar-refractivity contribution >= 4 is 11.8 Å². The number of anilines is 1. The summed E-state index contributed by atoms with van der Waals surface area (Å²) < 4.78 is 1.34. The molecule has 0 saturated carbocycles. The number of carbonyl (C=O) groups is 1. The Labute approximate surface area is 80.2 Å². The van der Waals surface area contributed by atoms with Crippen LogP contribution in [0.2, 0.25) is 0 Å². The number of carboxylic acid groups (broad SMARTS) is 1. The normalized spacial score (nSPS) is 9.79. The Bertz CT molecular complexity index is 386. The number of nitrogens with zero attached hydrogens (tertiary/aromatic N) is 2. The molecule has 0 aromatic carbocycles. The van der Waals surface area contributed by atoms with Crippen molar-refractivity contribution in [2.75, 3.05) is 11.9 Å². The smallest absolute Gasteiger partial charge is 0.349 e. The molecular formula is C8H11N3O3. The van der Waals surface area contributed by atoms with Crippen LogP contribution in [-0.2, 0) is 11.8 Å². The maximum atomic E-state index is 11.0. The second-order valence-electron chi connectivity index (χ2n) is 2.78. The van der Waals surface area contributed by atoms with Crippen LogP contribution >= 0.6 is 0 Å². The van der Waals surface area contributed by atoms with Gasteiger partial charge in [0.05, 0.1) is 6.42 Å². The van der Waals surface area contributed by atoms with Gasteiger partial charge in [0.1, 0.15) is 5.82 Å². The van der Waals surface area contributed by atoms with Gasteiger partial charge < -0.3 is 15.0 Å². The molecule has 1 heterocycles. The van der Waals surface area contributed by atoms with Crippen LogP contribution in [0.3, 0.4) is 0 Å². The highest BCUT2D eigenvalue weighted by Crippen LogP contribution is 1.96. The monoisotopic (exact) mass is 197 g/mol. The molecule has 1 rings (SSSR count). The lowest BCUT2D eigenvalue weighted by atomic mass is 10.4. The number of aryl methyl sites for hydroxylation is 1. The Kier molecular flexibility index (Phi) is 3.22. The summed E-state index contributed by atoms with van der Waals surface area (Å²) in [7, 11) is 1.59. The zero-order chi connectivity index (χ0) is 10.6. The van der Waals surface area contributed by atoms with Crippen molar-refractivity contribution in [3.63, 3.8) is 0 Å². The summed E-state index contributed by atoms with van der Waals surface area (Å²) in [4.78, 5) is 24.9. The van der Waals surface area contributed by atoms with E-state index in [9.17, 15) is 9.59 Å². The SMILES string of the molecule is Cn1ccc(NCCC(=O)O)nc1=O. The van der Waals surface area contributed by atoms with Crippen LogP contribution in [-0.4, -0.2) is 27.2 Å². The lowest BCUT2D eigenvalue weighted by Gasteiger charge is -2.03. The molecule has 0 atom stereocenters. The fourth-order valence-electron chi connectivity index (χ4n) is 0.861. The summed E-state index contributed by atoms with van der Waals surface area (Å²) in [6.45, 7) is 0.259. The van der Waals surface area contributed by atoms with E-state index in [0.29, 0.717) is 5.82 Å². The molecule has 0 amide bonds. The van der Waals surface area contributed by atoms with E-state index in [0.717, 1.165) is 0 Å². The van der Waals surface area contributed by atoms with Crippen molar-refractivity contribution < 1.29 is 9.90 Å². The highest BCUT2D eigenvalue weighted by atomic mass is 16.4. The molecule has 6 heteroatoms. The maximum absolute atomic E-state index is 11.0. The van der Waals surface area contributed by atoms with Crippen molar-refractivity contribution in [2.45, 2.75) is 6.42 Å². The summed E-state index contributed by atoms with van der Waals surface area (Å²) in [6.07, 6.45) is 1.56. The van der Waals surface area contributed by atoms with Gasteiger partial charge in [-0.2, -0.15) is 4.98 Å². The standard InChI is InChI=1S/C8H11N3O3/c1-11-5-3-6(10-8(11)14)9-4-2-7(12)13/h3,5H,2,4H2,1H3,(H,12,13)(H,9,10,14). The minimum absolute atomic E-state index is 0.00309. The van der Waals surface area contributed by atoms with Gasteiger partial charge in [-0.3, -0.25) is 4.79 Å². The first kappa shape index (κ1) is 10.2. The van der Waals surface area contributed by atoms with E-state index < -0.39 is 5.97 Å². The minimum atomic E-state index is -0.888. The summed E-state index contributed by atoms with van der Waals surface area (Å²) in [5, 5.41) is 11.1. The van der Waals surface area contributed by atoms with E-state index in [1.165, 1.54) is 4.57 Å². The Morgan fingerprint density at radius 2 is 2.43 bits per heavy atom. The van der Waals surface area contributed by atoms with Gasteiger partial charge in [-0.05, 0) is 6.07 Å². The van der Waals surface area contributed by atoms with Crippen molar-refractivity contribution in [3.05, 3.63) is 22.7 Å². The van der Waals surface area contributed by atoms with E-state index >= 15 is 0 Å². The van der Waals surface area contributed by atoms with E-state index in [1.807, 2.05) is 0 Å². The largest absolute Gasteiger partial charge is 0.481 e. The molecule has 0 saturated heterocycles. The van der Waals surface area contributed by atoms with Crippen molar-refractivity contribution in [1.82, 2.24) is 9.55 Å². The van der Waals surface area contributed by atoms with Gasteiger partial charge >= 0.3 is 11.7 Å². The third-order valence-electron chi connectivity index (χ3n) is 1.62. The first-order valence-corrected chi connectivity index (χ1v) is 4.09. The first-order chi connectivity index (χ1) is 6.59. The highest BCUT2D eigenvalue weighted by molar-refractivity contribution is 5.67. The molecule has 0 aliphatic heterocycles. The molecule has 0 radical (unpaired) electrons. The molecule has 0 aliphatic carbocycles. The van der Waals surface area contributed by atoms with Gasteiger partial charge in [-0.25, -0.2) is 4.79 Å². The molecule has 0 unspecified atom stereocenters. The molecule has 0 spiro atoms. The van der Waals surface area contributed by atoms with Crippen LogP contribution in [0.1, 0.15) is 6.42 Å². The molecule has 1 aromatic rings. The molecular weight excluding hydrogens is 186 g/mol. The van der Waals surface area contributed by atoms with Crippen LogP contribution in [0.5, 0.6) is 0 Å². The second kappa shape index (κ2) is 4.40. The number of hydrogen-bond acceptors (Lipinski definition) is 4. The van der Waals surface area contributed by atoms with Crippen molar-refractivity contribution in [2.24, 2.45) is 7.05 Å². The molecule has 0 fully saturated rings. The summed E-state index contributed by atoms with van der Waals surface area (Å²) >= 11 is 0. The number of aromatic nitrogens is 2. The second-order valence-corrected chi connectivity index (χ2v) is 2.78. The van der Waals surface area contributed by atoms with Crippen LogP contribution in [0.15, 0.2) is 17.1 Å². The Morgan fingerprint density at radius 1 is 1.71 bits per heavy atom. The van der Waals surface area contributed by atoms with Crippen LogP contribution in [0.25, 0.3) is 0 Å². The molecule has 1 aromatic heterocycles. The van der Waals surface area contributed by atoms with Gasteiger partial charge in [-0.1, -0.05) is 0 Å². The summed E-state index contributed by atoms with van der Waals surface area (Å²) in [5.74, 6) is -0.490. The quantitative estimate of drug-likeness (QED) is 0.690. The molecule has 0 aliphatic rings. The van der Waals surface area contributed by atoms with Crippen LogP contribution < -0.4 is 11.0 Å². The molecule has 14 heavy (non-hydrogen) atoms. The minimum Gasteiger partial charge on any atom is -0.481 e. The molecule has 0 bridgehead atoms. The van der Waals surface area contributed by atoms with Gasteiger partial charge in [0.2, 0.25) is 0 Å². The summed E-state index contributed by atoms with van der Waals surface area (Å²) in [5.41, 5.74) is -0.370. The lowest BCUT2D eigenvalue weighted by Crippen LogP contribution is -2.21. The number of nitrogens with one attached hydrogen (secondary N) is 1. The average Bonchev–Trinajstić information content (AvgIpc) is 2.10. The third kappa shape index (κ3) is 2.89. The Hall–Kier alpha value is -1.85. The zero-order valence-electron chi connectivity index (χ0n) is 7.73. The number of aliphatic carboxylic acids is 1. The lowest BCUT2D eigenvalue weighted by molar-refractivity contribution is -0.136. The summed E-state index contributed by atoms with van der Waals surface area (Å²) in [6, 6.07) is 1.61. The highest BCUT2D eigenvalue weighted by Gasteiger charge is 1.98. The average molecular weight is 197 g/mol. The van der Waals surface area contributed by atoms with E-state index in [1.54, 1.807) is 19.3 Å². The number of carboxylic acids is 1. The predicted octanol–water partition coefficient (Wildman–Crippen LogP) is -0.333. The third-order valence-corrected chi connectivity index (χ3v) is 1.62. The molecule has 2 N–H and O–H groups in total. The Morgan fingerprint density at radius 3 is 3.00 bits per heavy atom. The van der Waals surface area contributed by atoms with Gasteiger partial charge in [-0.15, -0.1) is 0 Å². The number of rotatable bonds is 4. The maximum Gasteiger partial charge on any atom is 0.349 e. The number of hydrogen-bond donors (Lipinski definition) is 2. The molecule has 6 nitrogen and oxygen atoms in total. The topological polar surface area (TPSA) is 84.2 Å². The van der Waals surface area contributed by atoms with Gasteiger partial charge in [0.25, 0.3) is 0 Å². The first-order valence-electron chi connectivity index (χ1n) is 4.09. The van der Waals surface area contributed by atoms with Crippen LogP contribution in [0, 0.1) is 0 Å². The van der Waals surface area contributed by atoms with Gasteiger partial charge in [0, 0.05) is 19.8 Å². The fourth-order valence-corrected chi connectivity index (χ4v) is 0.861. The van der Waals surface area contributed by atoms with E-state index in [-0.39, 0.29) is 18.7 Å². The van der Waals surface area contributed by atoms with Crippen LogP contribution in [0.4, 0.5) is 5.82 Å².